The molecule has 1 N–H and O–H groups in total. The first-order valence-electron chi connectivity index (χ1n) is 8.28. The van der Waals surface area contributed by atoms with Crippen LogP contribution in [0.4, 0.5) is 5.13 Å². The van der Waals surface area contributed by atoms with Crippen LogP contribution < -0.4 is 5.32 Å². The minimum Gasteiger partial charge on any atom is -0.298 e. The average molecular weight is 360 g/mol. The predicted octanol–water partition coefficient (Wildman–Crippen LogP) is 4.86. The summed E-state index contributed by atoms with van der Waals surface area (Å²) in [5, 5.41) is 6.37. The van der Waals surface area contributed by atoms with Gasteiger partial charge in [-0.25, -0.2) is 9.97 Å². The summed E-state index contributed by atoms with van der Waals surface area (Å²) in [5.74, 6) is 1.36. The van der Waals surface area contributed by atoms with Crippen LogP contribution in [-0.2, 0) is 4.79 Å². The van der Waals surface area contributed by atoms with E-state index in [1.165, 1.54) is 24.2 Å². The van der Waals surface area contributed by atoms with Gasteiger partial charge in [0.1, 0.15) is 0 Å². The van der Waals surface area contributed by atoms with E-state index in [-0.39, 0.29) is 5.91 Å². The molecular weight excluding hydrogens is 338 g/mol. The normalized spacial score (nSPS) is 15.6. The highest BCUT2D eigenvalue weighted by molar-refractivity contribution is 7.99. The van der Waals surface area contributed by atoms with Gasteiger partial charge in [-0.15, -0.1) is 23.1 Å². The monoisotopic (exact) mass is 359 g/mol. The number of aromatic nitrogens is 2. The Bertz CT molecular complexity index is 690. The molecular formula is C18H21N3OS2. The molecule has 0 radical (unpaired) electrons. The zero-order valence-electron chi connectivity index (χ0n) is 13.7. The number of allylic oxidation sites excluding steroid dienone is 1. The fourth-order valence-electron chi connectivity index (χ4n) is 2.89. The molecule has 1 fully saturated rings. The van der Waals surface area contributed by atoms with Crippen LogP contribution in [0.15, 0.2) is 41.0 Å². The highest BCUT2D eigenvalue weighted by Crippen LogP contribution is 2.30. The second-order valence-electron chi connectivity index (χ2n) is 5.73. The Labute approximate surface area is 150 Å². The van der Waals surface area contributed by atoms with E-state index in [1.54, 1.807) is 24.2 Å². The maximum atomic E-state index is 12.8. The number of thioether (sulfide) groups is 1. The van der Waals surface area contributed by atoms with Crippen molar-refractivity contribution >= 4 is 39.7 Å². The Hall–Kier alpha value is -1.66. The van der Waals surface area contributed by atoms with Gasteiger partial charge in [-0.3, -0.25) is 10.1 Å². The van der Waals surface area contributed by atoms with Crippen molar-refractivity contribution in [3.8, 4) is 0 Å². The number of nitrogens with zero attached hydrogens (tertiary/aromatic N) is 2. The molecule has 1 aliphatic rings. The van der Waals surface area contributed by atoms with E-state index in [2.05, 4.69) is 28.3 Å². The molecule has 126 valence electrons. The lowest BCUT2D eigenvalue weighted by Crippen LogP contribution is -2.14. The van der Waals surface area contributed by atoms with Gasteiger partial charge in [-0.05, 0) is 36.6 Å². The molecule has 6 heteroatoms. The van der Waals surface area contributed by atoms with Gasteiger partial charge in [0.05, 0.1) is 5.03 Å². The third kappa shape index (κ3) is 4.45. The molecule has 0 aromatic carbocycles. The molecule has 0 bridgehead atoms. The third-order valence-corrected chi connectivity index (χ3v) is 5.55. The first kappa shape index (κ1) is 17.2. The number of carbonyl (C=O) groups excluding carboxylic acids is 1. The predicted molar refractivity (Wildman–Crippen MR) is 101 cm³/mol. The molecule has 24 heavy (non-hydrogen) atoms. The van der Waals surface area contributed by atoms with Gasteiger partial charge in [-0.1, -0.05) is 25.8 Å². The molecule has 1 amide bonds. The summed E-state index contributed by atoms with van der Waals surface area (Å²) in [6.07, 6.45) is 10.4. The van der Waals surface area contributed by atoms with Crippen molar-refractivity contribution in [2.45, 2.75) is 37.6 Å². The van der Waals surface area contributed by atoms with Gasteiger partial charge >= 0.3 is 0 Å². The van der Waals surface area contributed by atoms with Crippen LogP contribution in [0.3, 0.4) is 0 Å². The first-order valence-corrected chi connectivity index (χ1v) is 10.1. The molecule has 2 aromatic rings. The fraction of sp³-hybridized carbons (Fsp3) is 0.389. The number of carbonyl (C=O) groups is 1. The van der Waals surface area contributed by atoms with Crippen molar-refractivity contribution in [3.05, 3.63) is 41.5 Å². The van der Waals surface area contributed by atoms with Crippen molar-refractivity contribution in [2.24, 2.45) is 5.92 Å². The van der Waals surface area contributed by atoms with E-state index in [9.17, 15) is 4.79 Å². The minimum absolute atomic E-state index is 0.102. The van der Waals surface area contributed by atoms with Crippen molar-refractivity contribution in [1.82, 2.24) is 9.97 Å². The summed E-state index contributed by atoms with van der Waals surface area (Å²) in [4.78, 5) is 21.4. The highest BCUT2D eigenvalue weighted by Gasteiger charge is 2.19. The van der Waals surface area contributed by atoms with E-state index >= 15 is 0 Å². The molecule has 2 aromatic heterocycles. The molecule has 0 unspecified atom stereocenters. The van der Waals surface area contributed by atoms with E-state index in [0.717, 1.165) is 29.2 Å². The number of thiazole rings is 1. The van der Waals surface area contributed by atoms with Crippen LogP contribution in [0.1, 0.15) is 38.2 Å². The van der Waals surface area contributed by atoms with Gasteiger partial charge in [0.2, 0.25) is 0 Å². The van der Waals surface area contributed by atoms with E-state index in [0.29, 0.717) is 16.6 Å². The summed E-state index contributed by atoms with van der Waals surface area (Å²) in [7, 11) is 0. The zero-order valence-corrected chi connectivity index (χ0v) is 15.3. The summed E-state index contributed by atoms with van der Waals surface area (Å²) in [6, 6.07) is 3.98. The molecule has 0 saturated heterocycles. The SMILES string of the molecule is CCSc1ccc(C(=CC2CCCC2)C(=O)Nc2nccs2)cn1. The molecule has 1 saturated carbocycles. The molecule has 1 aliphatic carbocycles. The van der Waals surface area contributed by atoms with Crippen molar-refractivity contribution in [1.29, 1.82) is 0 Å². The molecule has 0 atom stereocenters. The average Bonchev–Trinajstić information content (AvgIpc) is 3.27. The van der Waals surface area contributed by atoms with Crippen LogP contribution >= 0.6 is 23.1 Å². The van der Waals surface area contributed by atoms with Crippen LogP contribution in [0.2, 0.25) is 0 Å². The number of rotatable bonds is 6. The maximum absolute atomic E-state index is 12.8. The summed E-state index contributed by atoms with van der Waals surface area (Å²) < 4.78 is 0. The number of amides is 1. The van der Waals surface area contributed by atoms with Crippen LogP contribution in [0, 0.1) is 5.92 Å². The van der Waals surface area contributed by atoms with Crippen LogP contribution in [0.25, 0.3) is 5.57 Å². The standard InChI is InChI=1S/C18H21N3OS2/c1-2-23-16-8-7-14(12-20-16)15(11-13-5-3-4-6-13)17(22)21-18-19-9-10-24-18/h7-13H,2-6H2,1H3,(H,19,21,22). The van der Waals surface area contributed by atoms with E-state index in [4.69, 9.17) is 0 Å². The molecule has 0 aliphatic heterocycles. The molecule has 3 rings (SSSR count). The molecule has 4 nitrogen and oxygen atoms in total. The van der Waals surface area contributed by atoms with Gasteiger partial charge in [-0.2, -0.15) is 0 Å². The Morgan fingerprint density at radius 1 is 1.38 bits per heavy atom. The van der Waals surface area contributed by atoms with E-state index in [1.807, 2.05) is 17.5 Å². The van der Waals surface area contributed by atoms with E-state index < -0.39 is 0 Å². The van der Waals surface area contributed by atoms with Gasteiger partial charge in [0.25, 0.3) is 5.91 Å². The third-order valence-electron chi connectivity index (χ3n) is 4.04. The highest BCUT2D eigenvalue weighted by atomic mass is 32.2. The Kier molecular flexibility index (Phi) is 6.04. The quantitative estimate of drug-likeness (QED) is 0.591. The first-order chi connectivity index (χ1) is 11.8. The Morgan fingerprint density at radius 2 is 2.21 bits per heavy atom. The lowest BCUT2D eigenvalue weighted by atomic mass is 9.99. The van der Waals surface area contributed by atoms with Crippen molar-refractivity contribution < 1.29 is 4.79 Å². The second kappa shape index (κ2) is 8.44. The van der Waals surface area contributed by atoms with Gasteiger partial charge in [0.15, 0.2) is 5.13 Å². The number of hydrogen-bond donors (Lipinski definition) is 1. The second-order valence-corrected chi connectivity index (χ2v) is 7.91. The maximum Gasteiger partial charge on any atom is 0.257 e. The number of pyridine rings is 1. The smallest absolute Gasteiger partial charge is 0.257 e. The minimum atomic E-state index is -0.102. The van der Waals surface area contributed by atoms with Crippen molar-refractivity contribution in [2.75, 3.05) is 11.1 Å². The van der Waals surface area contributed by atoms with Gasteiger partial charge < -0.3 is 0 Å². The zero-order chi connectivity index (χ0) is 16.8. The lowest BCUT2D eigenvalue weighted by molar-refractivity contribution is -0.111. The summed E-state index contributed by atoms with van der Waals surface area (Å²) >= 11 is 3.13. The Morgan fingerprint density at radius 3 is 2.83 bits per heavy atom. The number of nitrogens with one attached hydrogen (secondary N) is 1. The summed E-state index contributed by atoms with van der Waals surface area (Å²) in [5.41, 5.74) is 1.58. The van der Waals surface area contributed by atoms with Crippen molar-refractivity contribution in [3.63, 3.8) is 0 Å². The lowest BCUT2D eigenvalue weighted by Gasteiger charge is -2.11. The van der Waals surface area contributed by atoms with Gasteiger partial charge in [0, 0.05) is 28.9 Å². The molecule has 2 heterocycles. The van der Waals surface area contributed by atoms with Crippen LogP contribution in [-0.4, -0.2) is 21.6 Å². The Balaban J connectivity index is 1.84. The number of hydrogen-bond acceptors (Lipinski definition) is 5. The fourth-order valence-corrected chi connectivity index (χ4v) is 4.00. The molecule has 0 spiro atoms. The largest absolute Gasteiger partial charge is 0.298 e. The summed E-state index contributed by atoms with van der Waals surface area (Å²) in [6.45, 7) is 2.10. The number of anilines is 1. The van der Waals surface area contributed by atoms with Crippen LogP contribution in [0.5, 0.6) is 0 Å². The topological polar surface area (TPSA) is 54.9 Å².